The minimum Gasteiger partial charge on any atom is -0.352 e. The van der Waals surface area contributed by atoms with Crippen molar-refractivity contribution in [3.8, 4) is 0 Å². The third-order valence-corrected chi connectivity index (χ3v) is 6.90. The Morgan fingerprint density at radius 2 is 1.86 bits per heavy atom. The van der Waals surface area contributed by atoms with Crippen molar-refractivity contribution in [2.75, 3.05) is 6.54 Å². The smallest absolute Gasteiger partial charge is 0.269 e. The summed E-state index contributed by atoms with van der Waals surface area (Å²) in [6.45, 7) is 6.43. The minimum absolute atomic E-state index is 0.0271. The molecule has 28 heavy (non-hydrogen) atoms. The van der Waals surface area contributed by atoms with Gasteiger partial charge < -0.3 is 5.32 Å². The first kappa shape index (κ1) is 22.3. The largest absolute Gasteiger partial charge is 0.352 e. The molecule has 9 heteroatoms. The van der Waals surface area contributed by atoms with Gasteiger partial charge in [-0.25, -0.2) is 8.42 Å². The van der Waals surface area contributed by atoms with Crippen molar-refractivity contribution in [2.45, 2.75) is 69.9 Å². The number of hydrogen-bond acceptors (Lipinski definition) is 5. The van der Waals surface area contributed by atoms with E-state index in [-0.39, 0.29) is 29.1 Å². The number of hydrogen-bond donors (Lipinski definition) is 1. The van der Waals surface area contributed by atoms with Gasteiger partial charge in [0.15, 0.2) is 0 Å². The van der Waals surface area contributed by atoms with Crippen molar-refractivity contribution < 1.29 is 18.1 Å². The number of amides is 1. The van der Waals surface area contributed by atoms with Gasteiger partial charge >= 0.3 is 0 Å². The van der Waals surface area contributed by atoms with Crippen LogP contribution >= 0.6 is 0 Å². The number of non-ortho nitro benzene ring substituents is 1. The molecule has 0 bridgehead atoms. The van der Waals surface area contributed by atoms with Gasteiger partial charge in [0.25, 0.3) is 5.69 Å². The normalized spacial score (nSPS) is 19.4. The van der Waals surface area contributed by atoms with Gasteiger partial charge in [-0.15, -0.1) is 0 Å². The molecule has 8 nitrogen and oxygen atoms in total. The molecule has 0 spiro atoms. The zero-order chi connectivity index (χ0) is 20.9. The minimum atomic E-state index is -3.91. The molecule has 1 fully saturated rings. The van der Waals surface area contributed by atoms with E-state index in [0.717, 1.165) is 19.3 Å². The Bertz CT molecular complexity index is 792. The average molecular weight is 412 g/mol. The lowest BCUT2D eigenvalue weighted by atomic mass is 10.0. The number of nitro groups is 1. The summed E-state index contributed by atoms with van der Waals surface area (Å²) >= 11 is 0. The lowest BCUT2D eigenvalue weighted by Gasteiger charge is -2.34. The van der Waals surface area contributed by atoms with Crippen LogP contribution in [0.25, 0.3) is 0 Å². The van der Waals surface area contributed by atoms with Crippen molar-refractivity contribution in [1.82, 2.24) is 9.62 Å². The summed E-state index contributed by atoms with van der Waals surface area (Å²) in [5, 5.41) is 13.7. The molecule has 2 atom stereocenters. The number of sulfonamides is 1. The number of piperidine rings is 1. The predicted molar refractivity (Wildman–Crippen MR) is 106 cm³/mol. The highest BCUT2D eigenvalue weighted by Gasteiger charge is 2.38. The molecule has 1 amide bonds. The zero-order valence-electron chi connectivity index (χ0n) is 16.6. The molecule has 0 saturated carbocycles. The van der Waals surface area contributed by atoms with Gasteiger partial charge in [0.1, 0.15) is 6.04 Å². The van der Waals surface area contributed by atoms with E-state index in [1.807, 2.05) is 6.92 Å². The zero-order valence-corrected chi connectivity index (χ0v) is 17.4. The Morgan fingerprint density at radius 1 is 1.21 bits per heavy atom. The molecule has 1 N–H and O–H groups in total. The van der Waals surface area contributed by atoms with Crippen LogP contribution < -0.4 is 5.32 Å². The van der Waals surface area contributed by atoms with Gasteiger partial charge in [0, 0.05) is 24.7 Å². The Hall–Kier alpha value is -2.00. The summed E-state index contributed by atoms with van der Waals surface area (Å²) in [5.41, 5.74) is -0.175. The highest BCUT2D eigenvalue weighted by Crippen LogP contribution is 2.27. The van der Waals surface area contributed by atoms with Crippen molar-refractivity contribution in [3.63, 3.8) is 0 Å². The van der Waals surface area contributed by atoms with E-state index in [9.17, 15) is 23.3 Å². The molecule has 0 radical (unpaired) electrons. The highest BCUT2D eigenvalue weighted by molar-refractivity contribution is 7.89. The van der Waals surface area contributed by atoms with Gasteiger partial charge in [-0.3, -0.25) is 14.9 Å². The fourth-order valence-corrected chi connectivity index (χ4v) is 4.98. The predicted octanol–water partition coefficient (Wildman–Crippen LogP) is 3.08. The van der Waals surface area contributed by atoms with Crippen LogP contribution in [0, 0.1) is 16.0 Å². The van der Waals surface area contributed by atoms with Crippen molar-refractivity contribution in [1.29, 1.82) is 0 Å². The Morgan fingerprint density at radius 3 is 2.43 bits per heavy atom. The van der Waals surface area contributed by atoms with Gasteiger partial charge in [-0.2, -0.15) is 4.31 Å². The van der Waals surface area contributed by atoms with E-state index in [1.54, 1.807) is 0 Å². The van der Waals surface area contributed by atoms with Crippen LogP contribution in [0.5, 0.6) is 0 Å². The first-order valence-corrected chi connectivity index (χ1v) is 11.1. The number of nitro benzene ring substituents is 1. The fraction of sp³-hybridized carbons (Fsp3) is 0.632. The third-order valence-electron chi connectivity index (χ3n) is 4.98. The number of rotatable bonds is 8. The summed E-state index contributed by atoms with van der Waals surface area (Å²) in [6.07, 6.45) is 3.75. The third kappa shape index (κ3) is 5.51. The summed E-state index contributed by atoms with van der Waals surface area (Å²) < 4.78 is 27.4. The van der Waals surface area contributed by atoms with Crippen molar-refractivity contribution >= 4 is 21.6 Å². The SMILES string of the molecule is CC(C)CCC(C)NC(=O)C1CCCCN1S(=O)(=O)c1ccc([N+](=O)[O-])cc1. The second-order valence-corrected chi connectivity index (χ2v) is 9.65. The molecule has 1 saturated heterocycles. The standard InChI is InChI=1S/C19H29N3O5S/c1-14(2)7-8-15(3)20-19(23)18-6-4-5-13-21(18)28(26,27)17-11-9-16(10-12-17)22(24)25/h9-12,14-15,18H,4-8,13H2,1-3H3,(H,20,23). The van der Waals surface area contributed by atoms with Crippen LogP contribution in [0.3, 0.4) is 0 Å². The van der Waals surface area contributed by atoms with E-state index in [2.05, 4.69) is 19.2 Å². The second-order valence-electron chi connectivity index (χ2n) is 7.76. The maximum atomic E-state index is 13.1. The number of benzene rings is 1. The van der Waals surface area contributed by atoms with Crippen LogP contribution in [0.1, 0.15) is 52.9 Å². The fourth-order valence-electron chi connectivity index (χ4n) is 3.32. The van der Waals surface area contributed by atoms with Crippen LogP contribution in [0.15, 0.2) is 29.2 Å². The molecule has 1 aromatic rings. The summed E-state index contributed by atoms with van der Waals surface area (Å²) in [7, 11) is -3.91. The Balaban J connectivity index is 2.16. The lowest BCUT2D eigenvalue weighted by molar-refractivity contribution is -0.384. The molecule has 2 unspecified atom stereocenters. The number of carbonyl (C=O) groups is 1. The molecular formula is C19H29N3O5S. The molecule has 0 aliphatic carbocycles. The van der Waals surface area contributed by atoms with Crippen LogP contribution in [-0.4, -0.2) is 42.2 Å². The second kappa shape index (κ2) is 9.47. The van der Waals surface area contributed by atoms with E-state index < -0.39 is 21.0 Å². The average Bonchev–Trinajstić information content (AvgIpc) is 2.66. The molecule has 1 aromatic carbocycles. The topological polar surface area (TPSA) is 110 Å². The molecular weight excluding hydrogens is 382 g/mol. The van der Waals surface area contributed by atoms with Gasteiger partial charge in [0.2, 0.25) is 15.9 Å². The lowest BCUT2D eigenvalue weighted by Crippen LogP contribution is -2.53. The maximum Gasteiger partial charge on any atom is 0.269 e. The van der Waals surface area contributed by atoms with Gasteiger partial charge in [0.05, 0.1) is 9.82 Å². The summed E-state index contributed by atoms with van der Waals surface area (Å²) in [4.78, 5) is 23.0. The monoisotopic (exact) mass is 411 g/mol. The number of nitrogens with zero attached hydrogens (tertiary/aromatic N) is 2. The van der Waals surface area contributed by atoms with Gasteiger partial charge in [-0.05, 0) is 50.7 Å². The molecule has 156 valence electrons. The van der Waals surface area contributed by atoms with Gasteiger partial charge in [-0.1, -0.05) is 20.3 Å². The summed E-state index contributed by atoms with van der Waals surface area (Å²) in [5.74, 6) is 0.259. The first-order chi connectivity index (χ1) is 13.1. The molecule has 0 aromatic heterocycles. The quantitative estimate of drug-likeness (QED) is 0.522. The van der Waals surface area contributed by atoms with Crippen molar-refractivity contribution in [3.05, 3.63) is 34.4 Å². The van der Waals surface area contributed by atoms with Crippen LogP contribution in [-0.2, 0) is 14.8 Å². The van der Waals surface area contributed by atoms with E-state index in [0.29, 0.717) is 18.8 Å². The van der Waals surface area contributed by atoms with Crippen molar-refractivity contribution in [2.24, 2.45) is 5.92 Å². The highest BCUT2D eigenvalue weighted by atomic mass is 32.2. The van der Waals surface area contributed by atoms with E-state index in [1.165, 1.54) is 28.6 Å². The maximum absolute atomic E-state index is 13.1. The van der Waals surface area contributed by atoms with E-state index in [4.69, 9.17) is 0 Å². The molecule has 1 heterocycles. The molecule has 2 rings (SSSR count). The van der Waals surface area contributed by atoms with Crippen LogP contribution in [0.2, 0.25) is 0 Å². The van der Waals surface area contributed by atoms with Crippen LogP contribution in [0.4, 0.5) is 5.69 Å². The first-order valence-electron chi connectivity index (χ1n) is 9.69. The Labute approximate surface area is 166 Å². The number of carbonyl (C=O) groups excluding carboxylic acids is 1. The van der Waals surface area contributed by atoms with E-state index >= 15 is 0 Å². The molecule has 1 aliphatic rings. The summed E-state index contributed by atoms with van der Waals surface area (Å²) in [6, 6.07) is 4.00. The Kier molecular flexibility index (Phi) is 7.54. The molecule has 1 aliphatic heterocycles. The number of nitrogens with one attached hydrogen (secondary N) is 1.